The van der Waals surface area contributed by atoms with Gasteiger partial charge in [0.25, 0.3) is 0 Å². The van der Waals surface area contributed by atoms with Crippen molar-refractivity contribution in [1.82, 2.24) is 9.78 Å². The molecular formula is C15H27N3. The van der Waals surface area contributed by atoms with Crippen molar-refractivity contribution in [2.45, 2.75) is 63.8 Å². The number of rotatable bonds is 4. The largest absolute Gasteiger partial charge is 0.327 e. The second-order valence-corrected chi connectivity index (χ2v) is 5.83. The summed E-state index contributed by atoms with van der Waals surface area (Å²) in [5.41, 5.74) is 7.71. The third-order valence-electron chi connectivity index (χ3n) is 4.28. The lowest BCUT2D eigenvalue weighted by Crippen LogP contribution is -2.31. The summed E-state index contributed by atoms with van der Waals surface area (Å²) in [6.07, 6.45) is 15.9. The van der Waals surface area contributed by atoms with Gasteiger partial charge in [0, 0.05) is 19.3 Å². The normalized spacial score (nSPS) is 20.3. The van der Waals surface area contributed by atoms with Crippen molar-refractivity contribution in [3.63, 3.8) is 0 Å². The molecule has 1 aliphatic rings. The monoisotopic (exact) mass is 249 g/mol. The molecule has 1 atom stereocenters. The third kappa shape index (κ3) is 4.13. The van der Waals surface area contributed by atoms with E-state index in [4.69, 9.17) is 5.73 Å². The summed E-state index contributed by atoms with van der Waals surface area (Å²) in [6.45, 7) is 0. The fraction of sp³-hybridized carbons (Fsp3) is 0.800. The molecule has 0 aliphatic heterocycles. The highest BCUT2D eigenvalue weighted by Gasteiger charge is 2.18. The van der Waals surface area contributed by atoms with Gasteiger partial charge >= 0.3 is 0 Å². The van der Waals surface area contributed by atoms with Crippen molar-refractivity contribution < 1.29 is 0 Å². The van der Waals surface area contributed by atoms with Crippen LogP contribution in [0.5, 0.6) is 0 Å². The zero-order chi connectivity index (χ0) is 12.8. The van der Waals surface area contributed by atoms with Gasteiger partial charge in [-0.2, -0.15) is 5.10 Å². The van der Waals surface area contributed by atoms with Crippen LogP contribution in [0.3, 0.4) is 0 Å². The van der Waals surface area contributed by atoms with Crippen LogP contribution >= 0.6 is 0 Å². The van der Waals surface area contributed by atoms with Crippen LogP contribution in [0.2, 0.25) is 0 Å². The molecule has 102 valence electrons. The molecule has 0 bridgehead atoms. The topological polar surface area (TPSA) is 43.8 Å². The molecule has 18 heavy (non-hydrogen) atoms. The first-order valence-electron chi connectivity index (χ1n) is 7.49. The van der Waals surface area contributed by atoms with E-state index >= 15 is 0 Å². The second kappa shape index (κ2) is 6.93. The number of aryl methyl sites for hydroxylation is 2. The highest BCUT2D eigenvalue weighted by atomic mass is 15.2. The van der Waals surface area contributed by atoms with E-state index in [9.17, 15) is 0 Å². The van der Waals surface area contributed by atoms with E-state index in [1.54, 1.807) is 0 Å². The van der Waals surface area contributed by atoms with Crippen LogP contribution in [0.25, 0.3) is 0 Å². The lowest BCUT2D eigenvalue weighted by Gasteiger charge is -2.25. The third-order valence-corrected chi connectivity index (χ3v) is 4.28. The van der Waals surface area contributed by atoms with Crippen LogP contribution in [0.4, 0.5) is 0 Å². The molecular weight excluding hydrogens is 222 g/mol. The molecule has 0 amide bonds. The molecule has 3 nitrogen and oxygen atoms in total. The van der Waals surface area contributed by atoms with E-state index in [1.165, 1.54) is 50.5 Å². The fourth-order valence-corrected chi connectivity index (χ4v) is 3.09. The van der Waals surface area contributed by atoms with Crippen LogP contribution in [0, 0.1) is 5.92 Å². The Morgan fingerprint density at radius 2 is 1.94 bits per heavy atom. The maximum absolute atomic E-state index is 6.40. The van der Waals surface area contributed by atoms with Gasteiger partial charge < -0.3 is 5.73 Å². The van der Waals surface area contributed by atoms with Crippen molar-refractivity contribution >= 4 is 0 Å². The quantitative estimate of drug-likeness (QED) is 0.891. The molecule has 1 saturated carbocycles. The first-order valence-corrected chi connectivity index (χ1v) is 7.49. The molecule has 1 heterocycles. The van der Waals surface area contributed by atoms with Crippen LogP contribution < -0.4 is 5.73 Å². The Morgan fingerprint density at radius 1 is 1.28 bits per heavy atom. The minimum absolute atomic E-state index is 0.378. The first-order chi connectivity index (χ1) is 8.75. The lowest BCUT2D eigenvalue weighted by molar-refractivity contribution is 0.313. The SMILES string of the molecule is Cn1cc(CCC(N)C2CCCCCCC2)cn1. The van der Waals surface area contributed by atoms with Crippen molar-refractivity contribution in [2.24, 2.45) is 18.7 Å². The zero-order valence-electron chi connectivity index (χ0n) is 11.6. The molecule has 1 aromatic rings. The second-order valence-electron chi connectivity index (χ2n) is 5.83. The number of nitrogens with two attached hydrogens (primary N) is 1. The molecule has 1 aliphatic carbocycles. The zero-order valence-corrected chi connectivity index (χ0v) is 11.6. The maximum atomic E-state index is 6.40. The van der Waals surface area contributed by atoms with Gasteiger partial charge in [-0.1, -0.05) is 32.1 Å². The van der Waals surface area contributed by atoms with Crippen molar-refractivity contribution in [1.29, 1.82) is 0 Å². The molecule has 2 N–H and O–H groups in total. The van der Waals surface area contributed by atoms with Crippen molar-refractivity contribution in [3.05, 3.63) is 18.0 Å². The molecule has 0 radical (unpaired) electrons. The van der Waals surface area contributed by atoms with Gasteiger partial charge in [-0.3, -0.25) is 4.68 Å². The van der Waals surface area contributed by atoms with Gasteiger partial charge in [-0.25, -0.2) is 0 Å². The molecule has 0 spiro atoms. The van der Waals surface area contributed by atoms with E-state index in [0.29, 0.717) is 6.04 Å². The molecule has 0 saturated heterocycles. The van der Waals surface area contributed by atoms with Crippen LogP contribution in [-0.2, 0) is 13.5 Å². The highest BCUT2D eigenvalue weighted by Crippen LogP contribution is 2.25. The summed E-state index contributed by atoms with van der Waals surface area (Å²) in [6, 6.07) is 0.378. The highest BCUT2D eigenvalue weighted by molar-refractivity contribution is 5.04. The van der Waals surface area contributed by atoms with Gasteiger partial charge in [-0.15, -0.1) is 0 Å². The summed E-state index contributed by atoms with van der Waals surface area (Å²) in [7, 11) is 1.97. The summed E-state index contributed by atoms with van der Waals surface area (Å²) in [5, 5.41) is 4.21. The maximum Gasteiger partial charge on any atom is 0.0521 e. The van der Waals surface area contributed by atoms with Gasteiger partial charge in [0.1, 0.15) is 0 Å². The van der Waals surface area contributed by atoms with E-state index in [2.05, 4.69) is 11.3 Å². The Hall–Kier alpha value is -0.830. The standard InChI is InChI=1S/C15H27N3/c1-18-12-13(11-17-18)9-10-15(16)14-7-5-3-2-4-6-8-14/h11-12,14-15H,2-10,16H2,1H3. The Labute approximate surface area is 111 Å². The Bertz CT molecular complexity index is 337. The number of hydrogen-bond acceptors (Lipinski definition) is 2. The first kappa shape index (κ1) is 13.6. The Balaban J connectivity index is 1.77. The predicted octanol–water partition coefficient (Wildman–Crippen LogP) is 3.04. The summed E-state index contributed by atoms with van der Waals surface area (Å²) < 4.78 is 1.87. The van der Waals surface area contributed by atoms with Crippen LogP contribution in [0.1, 0.15) is 56.9 Å². The van der Waals surface area contributed by atoms with E-state index in [0.717, 1.165) is 18.8 Å². The number of nitrogens with zero attached hydrogens (tertiary/aromatic N) is 2. The minimum Gasteiger partial charge on any atom is -0.327 e. The number of aromatic nitrogens is 2. The van der Waals surface area contributed by atoms with Gasteiger partial charge in [-0.05, 0) is 37.2 Å². The van der Waals surface area contributed by atoms with Crippen LogP contribution in [-0.4, -0.2) is 15.8 Å². The molecule has 3 heteroatoms. The predicted molar refractivity (Wildman–Crippen MR) is 75.3 cm³/mol. The summed E-state index contributed by atoms with van der Waals surface area (Å²) >= 11 is 0. The lowest BCUT2D eigenvalue weighted by atomic mass is 9.84. The molecule has 1 unspecified atom stereocenters. The molecule has 1 aromatic heterocycles. The van der Waals surface area contributed by atoms with Crippen LogP contribution in [0.15, 0.2) is 12.4 Å². The van der Waals surface area contributed by atoms with Crippen molar-refractivity contribution in [2.75, 3.05) is 0 Å². The van der Waals surface area contributed by atoms with E-state index < -0.39 is 0 Å². The van der Waals surface area contributed by atoms with Crippen molar-refractivity contribution in [3.8, 4) is 0 Å². The number of hydrogen-bond donors (Lipinski definition) is 1. The summed E-state index contributed by atoms with van der Waals surface area (Å²) in [5.74, 6) is 0.752. The summed E-state index contributed by atoms with van der Waals surface area (Å²) in [4.78, 5) is 0. The Kier molecular flexibility index (Phi) is 5.24. The molecule has 0 aromatic carbocycles. The van der Waals surface area contributed by atoms with E-state index in [-0.39, 0.29) is 0 Å². The fourth-order valence-electron chi connectivity index (χ4n) is 3.09. The average molecular weight is 249 g/mol. The van der Waals surface area contributed by atoms with E-state index in [1.807, 2.05) is 17.9 Å². The Morgan fingerprint density at radius 3 is 2.56 bits per heavy atom. The molecule has 1 fully saturated rings. The smallest absolute Gasteiger partial charge is 0.0521 e. The van der Waals surface area contributed by atoms with Gasteiger partial charge in [0.05, 0.1) is 6.20 Å². The van der Waals surface area contributed by atoms with Gasteiger partial charge in [0.15, 0.2) is 0 Å². The minimum atomic E-state index is 0.378. The average Bonchev–Trinajstić information content (AvgIpc) is 2.72. The van der Waals surface area contributed by atoms with Gasteiger partial charge in [0.2, 0.25) is 0 Å². The molecule has 2 rings (SSSR count).